The molecule has 158 valence electrons. The Morgan fingerprint density at radius 3 is 2.90 bits per heavy atom. The summed E-state index contributed by atoms with van der Waals surface area (Å²) in [4.78, 5) is 26.1. The molecule has 0 saturated carbocycles. The lowest BCUT2D eigenvalue weighted by Crippen LogP contribution is -2.35. The van der Waals surface area contributed by atoms with Gasteiger partial charge in [0.1, 0.15) is 6.61 Å². The average molecular weight is 411 g/mol. The van der Waals surface area contributed by atoms with Gasteiger partial charge < -0.3 is 24.3 Å². The van der Waals surface area contributed by atoms with Crippen LogP contribution in [0, 0.1) is 0 Å². The first-order chi connectivity index (χ1) is 14.6. The van der Waals surface area contributed by atoms with E-state index in [1.54, 1.807) is 0 Å². The van der Waals surface area contributed by atoms with E-state index in [0.29, 0.717) is 35.7 Å². The van der Waals surface area contributed by atoms with Crippen molar-refractivity contribution in [3.05, 3.63) is 46.3 Å². The first-order valence-corrected chi connectivity index (χ1v) is 10.5. The van der Waals surface area contributed by atoms with Crippen LogP contribution in [0.4, 0.5) is 0 Å². The van der Waals surface area contributed by atoms with E-state index in [2.05, 4.69) is 5.32 Å². The minimum absolute atomic E-state index is 0.0542. The highest BCUT2D eigenvalue weighted by molar-refractivity contribution is 6.03. The van der Waals surface area contributed by atoms with Crippen molar-refractivity contribution in [2.45, 2.75) is 51.0 Å². The molecule has 7 heteroatoms. The number of benzene rings is 1. The maximum absolute atomic E-state index is 13.2. The van der Waals surface area contributed by atoms with E-state index in [0.717, 1.165) is 42.6 Å². The number of hydrogen-bond acceptors (Lipinski definition) is 7. The monoisotopic (exact) mass is 411 g/mol. The maximum Gasteiger partial charge on any atom is 0.336 e. The van der Waals surface area contributed by atoms with Crippen molar-refractivity contribution in [3.8, 4) is 11.5 Å². The largest absolute Gasteiger partial charge is 0.459 e. The van der Waals surface area contributed by atoms with Gasteiger partial charge in [-0.05, 0) is 50.3 Å². The zero-order valence-electron chi connectivity index (χ0n) is 17.0. The average Bonchev–Trinajstić information content (AvgIpc) is 3.42. The molecule has 0 bridgehead atoms. The molecule has 1 aromatic rings. The maximum atomic E-state index is 13.2. The number of ether oxygens (including phenoxy) is 4. The molecule has 1 aromatic carbocycles. The molecule has 2 atom stereocenters. The number of carbonyl (C=O) groups excluding carboxylic acids is 2. The smallest absolute Gasteiger partial charge is 0.336 e. The Bertz CT molecular complexity index is 956. The van der Waals surface area contributed by atoms with Crippen LogP contribution >= 0.6 is 0 Å². The van der Waals surface area contributed by atoms with Crippen molar-refractivity contribution in [2.75, 3.05) is 20.0 Å². The lowest BCUT2D eigenvalue weighted by Gasteiger charge is -2.34. The molecular formula is C23H25NO6. The third kappa shape index (κ3) is 3.37. The molecule has 3 aliphatic heterocycles. The number of esters is 1. The Labute approximate surface area is 175 Å². The van der Waals surface area contributed by atoms with Gasteiger partial charge in [-0.1, -0.05) is 6.07 Å². The van der Waals surface area contributed by atoms with Gasteiger partial charge in [0.05, 0.1) is 11.7 Å². The topological polar surface area (TPSA) is 83.1 Å². The fraction of sp³-hybridized carbons (Fsp3) is 0.478. The Balaban J connectivity index is 1.51. The number of hydrogen-bond donors (Lipinski definition) is 1. The van der Waals surface area contributed by atoms with E-state index < -0.39 is 11.9 Å². The third-order valence-corrected chi connectivity index (χ3v) is 6.15. The van der Waals surface area contributed by atoms with Gasteiger partial charge >= 0.3 is 5.97 Å². The van der Waals surface area contributed by atoms with Crippen LogP contribution in [0.3, 0.4) is 0 Å². The molecule has 1 N–H and O–H groups in total. The van der Waals surface area contributed by atoms with Crippen LogP contribution in [0.25, 0.3) is 0 Å². The van der Waals surface area contributed by atoms with Crippen molar-refractivity contribution < 1.29 is 28.5 Å². The number of dihydropyridines is 1. The number of Topliss-reactive ketones (excluding diaryl/α,β-unsaturated/α-hetero) is 1. The molecule has 5 rings (SSSR count). The van der Waals surface area contributed by atoms with E-state index in [-0.39, 0.29) is 25.3 Å². The number of rotatable bonds is 4. The Hall–Kier alpha value is -2.80. The van der Waals surface area contributed by atoms with Crippen molar-refractivity contribution in [2.24, 2.45) is 0 Å². The molecule has 30 heavy (non-hydrogen) atoms. The Morgan fingerprint density at radius 1 is 1.20 bits per heavy atom. The van der Waals surface area contributed by atoms with Crippen molar-refractivity contribution >= 4 is 11.8 Å². The fourth-order valence-corrected chi connectivity index (χ4v) is 4.70. The van der Waals surface area contributed by atoms with E-state index in [9.17, 15) is 9.59 Å². The first kappa shape index (κ1) is 19.2. The van der Waals surface area contributed by atoms with E-state index in [1.165, 1.54) is 0 Å². The Morgan fingerprint density at radius 2 is 2.07 bits per heavy atom. The highest BCUT2D eigenvalue weighted by Crippen LogP contribution is 2.45. The predicted molar refractivity (Wildman–Crippen MR) is 107 cm³/mol. The lowest BCUT2D eigenvalue weighted by atomic mass is 9.75. The van der Waals surface area contributed by atoms with Gasteiger partial charge in [0.2, 0.25) is 6.79 Å². The predicted octanol–water partition coefficient (Wildman–Crippen LogP) is 3.11. The van der Waals surface area contributed by atoms with Crippen LogP contribution in [-0.2, 0) is 19.1 Å². The highest BCUT2D eigenvalue weighted by Gasteiger charge is 2.39. The fourth-order valence-electron chi connectivity index (χ4n) is 4.70. The van der Waals surface area contributed by atoms with Crippen molar-refractivity contribution in [1.82, 2.24) is 5.32 Å². The van der Waals surface area contributed by atoms with Crippen LogP contribution < -0.4 is 14.8 Å². The van der Waals surface area contributed by atoms with E-state index >= 15 is 0 Å². The molecule has 0 spiro atoms. The zero-order valence-corrected chi connectivity index (χ0v) is 17.0. The van der Waals surface area contributed by atoms with Gasteiger partial charge in [-0.25, -0.2) is 4.79 Å². The molecule has 0 amide bonds. The Kier molecular flexibility index (Phi) is 4.98. The molecular weight excluding hydrogens is 386 g/mol. The molecule has 3 heterocycles. The quantitative estimate of drug-likeness (QED) is 0.762. The third-order valence-electron chi connectivity index (χ3n) is 6.15. The summed E-state index contributed by atoms with van der Waals surface area (Å²) in [5, 5.41) is 3.31. The molecule has 1 saturated heterocycles. The second-order valence-electron chi connectivity index (χ2n) is 8.11. The summed E-state index contributed by atoms with van der Waals surface area (Å²) in [5.74, 6) is 0.466. The first-order valence-electron chi connectivity index (χ1n) is 10.5. The summed E-state index contributed by atoms with van der Waals surface area (Å²) in [5.41, 5.74) is 3.59. The normalized spacial score (nSPS) is 25.3. The summed E-state index contributed by atoms with van der Waals surface area (Å²) in [6, 6.07) is 5.60. The summed E-state index contributed by atoms with van der Waals surface area (Å²) in [6.07, 6.45) is 3.90. The summed E-state index contributed by atoms with van der Waals surface area (Å²) >= 11 is 0. The summed E-state index contributed by atoms with van der Waals surface area (Å²) in [7, 11) is 0. The van der Waals surface area contributed by atoms with Crippen LogP contribution in [0.2, 0.25) is 0 Å². The lowest BCUT2D eigenvalue weighted by molar-refractivity contribution is -0.142. The van der Waals surface area contributed by atoms with E-state index in [4.69, 9.17) is 18.9 Å². The van der Waals surface area contributed by atoms with Crippen molar-refractivity contribution in [3.63, 3.8) is 0 Å². The molecule has 2 unspecified atom stereocenters. The molecule has 0 aromatic heterocycles. The van der Waals surface area contributed by atoms with Gasteiger partial charge in [-0.3, -0.25) is 4.79 Å². The molecule has 0 radical (unpaired) electrons. The van der Waals surface area contributed by atoms with Crippen LogP contribution in [0.5, 0.6) is 11.5 Å². The molecule has 1 aliphatic carbocycles. The van der Waals surface area contributed by atoms with Gasteiger partial charge in [-0.15, -0.1) is 0 Å². The number of ketones is 1. The number of allylic oxidation sites excluding steroid dienone is 3. The van der Waals surface area contributed by atoms with E-state index in [1.807, 2.05) is 25.1 Å². The summed E-state index contributed by atoms with van der Waals surface area (Å²) in [6.45, 7) is 2.97. The molecule has 4 aliphatic rings. The van der Waals surface area contributed by atoms with Crippen LogP contribution in [0.15, 0.2) is 40.7 Å². The van der Waals surface area contributed by atoms with Gasteiger partial charge in [0, 0.05) is 35.9 Å². The second kappa shape index (κ2) is 7.80. The zero-order chi connectivity index (χ0) is 20.7. The number of carbonyl (C=O) groups is 2. The molecule has 1 fully saturated rings. The molecule has 7 nitrogen and oxygen atoms in total. The van der Waals surface area contributed by atoms with Gasteiger partial charge in [0.25, 0.3) is 0 Å². The SMILES string of the molecule is CC1=C(C(=O)OCC2CCCO2)C(c2ccc3c(c2)OCO3)C2=C(CCCC2=O)N1. The minimum Gasteiger partial charge on any atom is -0.459 e. The standard InChI is InChI=1S/C23H25NO6/c1-13-20(23(26)28-11-15-4-3-9-27-15)21(22-16(24-13)5-2-6-17(22)25)14-7-8-18-19(10-14)30-12-29-18/h7-8,10,15,21,24H,2-6,9,11-12H2,1H3. The van der Waals surface area contributed by atoms with Crippen LogP contribution in [-0.4, -0.2) is 37.9 Å². The highest BCUT2D eigenvalue weighted by atomic mass is 16.7. The minimum atomic E-state index is -0.486. The van der Waals surface area contributed by atoms with Gasteiger partial charge in [0.15, 0.2) is 17.3 Å². The second-order valence-corrected chi connectivity index (χ2v) is 8.11. The van der Waals surface area contributed by atoms with Crippen LogP contribution in [0.1, 0.15) is 50.5 Å². The van der Waals surface area contributed by atoms with Crippen molar-refractivity contribution in [1.29, 1.82) is 0 Å². The number of nitrogens with one attached hydrogen (secondary N) is 1. The van der Waals surface area contributed by atoms with Gasteiger partial charge in [-0.2, -0.15) is 0 Å². The summed E-state index contributed by atoms with van der Waals surface area (Å²) < 4.78 is 22.2. The number of fused-ring (bicyclic) bond motifs is 1.